The zero-order chi connectivity index (χ0) is 24.2. The Morgan fingerprint density at radius 3 is 2.55 bits per heavy atom. The summed E-state index contributed by atoms with van der Waals surface area (Å²) in [6.07, 6.45) is 2.19. The van der Waals surface area contributed by atoms with E-state index >= 15 is 0 Å². The Bertz CT molecular complexity index is 903. The van der Waals surface area contributed by atoms with Crippen molar-refractivity contribution < 1.29 is 19.1 Å². The number of nitrogens with two attached hydrogens (primary N) is 2. The molecule has 10 heteroatoms. The highest BCUT2D eigenvalue weighted by molar-refractivity contribution is 7.09. The minimum Gasteiger partial charge on any atom is -0.445 e. The van der Waals surface area contributed by atoms with Gasteiger partial charge >= 0.3 is 6.09 Å². The number of alkyl carbamates (subject to hydrolysis) is 1. The van der Waals surface area contributed by atoms with Gasteiger partial charge in [-0.15, -0.1) is 11.3 Å². The standard InChI is InChI=1S/C23H33N5O4S/c1-15(2)12-18(20(25)29)27-21(30)19-14-33-22(28-19)17(24)10-6-7-11-26-23(31)32-13-16-8-4-3-5-9-16/h3-5,8-9,14-15,17-18H,6-7,10-13,24H2,1-2H3,(H2,25,29)(H,26,31)(H,27,30). The number of benzene rings is 1. The van der Waals surface area contributed by atoms with Crippen molar-refractivity contribution in [2.24, 2.45) is 17.4 Å². The first kappa shape index (κ1) is 26.3. The molecule has 0 aliphatic rings. The quantitative estimate of drug-likeness (QED) is 0.327. The fourth-order valence-electron chi connectivity index (χ4n) is 3.09. The van der Waals surface area contributed by atoms with Gasteiger partial charge in [0.2, 0.25) is 5.91 Å². The maximum absolute atomic E-state index is 12.4. The van der Waals surface area contributed by atoms with Crippen molar-refractivity contribution in [3.05, 3.63) is 52.0 Å². The van der Waals surface area contributed by atoms with Crippen molar-refractivity contribution in [3.8, 4) is 0 Å². The normalized spacial score (nSPS) is 12.7. The average Bonchev–Trinajstić information content (AvgIpc) is 3.28. The van der Waals surface area contributed by atoms with Crippen molar-refractivity contribution in [2.75, 3.05) is 6.54 Å². The monoisotopic (exact) mass is 475 g/mol. The molecule has 0 radical (unpaired) electrons. The number of unbranched alkanes of at least 4 members (excludes halogenated alkanes) is 1. The van der Waals surface area contributed by atoms with E-state index in [1.165, 1.54) is 11.3 Å². The molecule has 0 bridgehead atoms. The van der Waals surface area contributed by atoms with Gasteiger partial charge in [0.25, 0.3) is 5.91 Å². The number of hydrogen-bond acceptors (Lipinski definition) is 7. The molecule has 1 heterocycles. The predicted molar refractivity (Wildman–Crippen MR) is 127 cm³/mol. The molecule has 6 N–H and O–H groups in total. The van der Waals surface area contributed by atoms with E-state index in [1.807, 2.05) is 44.2 Å². The van der Waals surface area contributed by atoms with E-state index in [4.69, 9.17) is 16.2 Å². The molecule has 1 aromatic heterocycles. The number of nitrogens with zero attached hydrogens (tertiary/aromatic N) is 1. The van der Waals surface area contributed by atoms with Gasteiger partial charge in [0.05, 0.1) is 6.04 Å². The SMILES string of the molecule is CC(C)CC(NC(=O)c1csc(C(N)CCCCNC(=O)OCc2ccccc2)n1)C(N)=O. The summed E-state index contributed by atoms with van der Waals surface area (Å²) in [6, 6.07) is 8.43. The highest BCUT2D eigenvalue weighted by Crippen LogP contribution is 2.21. The first-order valence-corrected chi connectivity index (χ1v) is 11.9. The topological polar surface area (TPSA) is 149 Å². The fourth-order valence-corrected chi connectivity index (χ4v) is 3.93. The van der Waals surface area contributed by atoms with E-state index in [1.54, 1.807) is 5.38 Å². The summed E-state index contributed by atoms with van der Waals surface area (Å²) < 4.78 is 5.16. The molecule has 2 rings (SSSR count). The molecular weight excluding hydrogens is 442 g/mol. The number of carbonyl (C=O) groups excluding carboxylic acids is 3. The molecule has 0 aliphatic carbocycles. The highest BCUT2D eigenvalue weighted by atomic mass is 32.1. The lowest BCUT2D eigenvalue weighted by Gasteiger charge is -2.16. The molecule has 0 spiro atoms. The molecule has 2 unspecified atom stereocenters. The lowest BCUT2D eigenvalue weighted by atomic mass is 10.0. The number of ether oxygens (including phenoxy) is 1. The third kappa shape index (κ3) is 9.58. The summed E-state index contributed by atoms with van der Waals surface area (Å²) in [7, 11) is 0. The summed E-state index contributed by atoms with van der Waals surface area (Å²) in [5.41, 5.74) is 12.7. The maximum atomic E-state index is 12.4. The lowest BCUT2D eigenvalue weighted by Crippen LogP contribution is -2.45. The summed E-state index contributed by atoms with van der Waals surface area (Å²) in [4.78, 5) is 40.0. The number of carbonyl (C=O) groups is 3. The van der Waals surface area contributed by atoms with Crippen LogP contribution in [0.2, 0.25) is 0 Å². The van der Waals surface area contributed by atoms with Crippen molar-refractivity contribution in [1.82, 2.24) is 15.6 Å². The van der Waals surface area contributed by atoms with E-state index in [0.717, 1.165) is 18.4 Å². The van der Waals surface area contributed by atoms with Crippen LogP contribution in [0.15, 0.2) is 35.7 Å². The number of rotatable bonds is 13. The van der Waals surface area contributed by atoms with E-state index < -0.39 is 23.9 Å². The van der Waals surface area contributed by atoms with Crippen molar-refractivity contribution in [2.45, 2.75) is 58.2 Å². The first-order chi connectivity index (χ1) is 15.8. The summed E-state index contributed by atoms with van der Waals surface area (Å²) in [6.45, 7) is 4.61. The molecule has 0 fully saturated rings. The van der Waals surface area contributed by atoms with Gasteiger partial charge in [0, 0.05) is 11.9 Å². The van der Waals surface area contributed by atoms with Crippen molar-refractivity contribution >= 4 is 29.2 Å². The van der Waals surface area contributed by atoms with Gasteiger partial charge in [-0.25, -0.2) is 9.78 Å². The average molecular weight is 476 g/mol. The molecule has 180 valence electrons. The molecule has 2 atom stereocenters. The molecule has 3 amide bonds. The van der Waals surface area contributed by atoms with Crippen LogP contribution in [0.4, 0.5) is 4.79 Å². The zero-order valence-corrected chi connectivity index (χ0v) is 19.9. The van der Waals surface area contributed by atoms with E-state index in [9.17, 15) is 14.4 Å². The molecule has 0 aliphatic heterocycles. The first-order valence-electron chi connectivity index (χ1n) is 11.0. The molecule has 33 heavy (non-hydrogen) atoms. The van der Waals surface area contributed by atoms with Gasteiger partial charge in [-0.2, -0.15) is 0 Å². The second-order valence-electron chi connectivity index (χ2n) is 8.22. The largest absolute Gasteiger partial charge is 0.445 e. The summed E-state index contributed by atoms with van der Waals surface area (Å²) in [5.74, 6) is -0.795. The van der Waals surface area contributed by atoms with Gasteiger partial charge in [-0.3, -0.25) is 9.59 Å². The number of hydrogen-bond donors (Lipinski definition) is 4. The summed E-state index contributed by atoms with van der Waals surface area (Å²) in [5, 5.41) is 7.64. The minimum absolute atomic E-state index is 0.211. The van der Waals surface area contributed by atoms with Gasteiger partial charge < -0.3 is 26.8 Å². The third-order valence-corrected chi connectivity index (χ3v) is 5.83. The van der Waals surface area contributed by atoms with Gasteiger partial charge in [0.1, 0.15) is 23.4 Å². The number of aromatic nitrogens is 1. The van der Waals surface area contributed by atoms with Crippen LogP contribution in [0.1, 0.15) is 66.6 Å². The van der Waals surface area contributed by atoms with Crippen LogP contribution < -0.4 is 22.1 Å². The van der Waals surface area contributed by atoms with Crippen LogP contribution in [0.25, 0.3) is 0 Å². The van der Waals surface area contributed by atoms with Crippen molar-refractivity contribution in [3.63, 3.8) is 0 Å². The predicted octanol–water partition coefficient (Wildman–Crippen LogP) is 2.87. The Morgan fingerprint density at radius 2 is 1.88 bits per heavy atom. The Hall–Kier alpha value is -2.98. The number of primary amides is 1. The Labute approximate surface area is 198 Å². The van der Waals surface area contributed by atoms with E-state index in [0.29, 0.717) is 24.4 Å². The highest BCUT2D eigenvalue weighted by Gasteiger charge is 2.22. The van der Waals surface area contributed by atoms with Gasteiger partial charge in [-0.1, -0.05) is 44.2 Å². The van der Waals surface area contributed by atoms with E-state index in [-0.39, 0.29) is 24.3 Å². The minimum atomic E-state index is -0.733. The van der Waals surface area contributed by atoms with Crippen LogP contribution >= 0.6 is 11.3 Å². The van der Waals surface area contributed by atoms with Crippen LogP contribution in [-0.4, -0.2) is 35.5 Å². The molecular formula is C23H33N5O4S. The van der Waals surface area contributed by atoms with E-state index in [2.05, 4.69) is 15.6 Å². The molecule has 1 aromatic carbocycles. The van der Waals surface area contributed by atoms with Crippen LogP contribution in [0, 0.1) is 5.92 Å². The maximum Gasteiger partial charge on any atom is 0.407 e. The third-order valence-electron chi connectivity index (χ3n) is 4.85. The lowest BCUT2D eigenvalue weighted by molar-refractivity contribution is -0.120. The molecule has 2 aromatic rings. The number of thiazole rings is 1. The smallest absolute Gasteiger partial charge is 0.407 e. The number of amides is 3. The fraction of sp³-hybridized carbons (Fsp3) is 0.478. The molecule has 0 saturated heterocycles. The van der Waals surface area contributed by atoms with Crippen molar-refractivity contribution in [1.29, 1.82) is 0 Å². The second-order valence-corrected chi connectivity index (χ2v) is 9.11. The Kier molecular flexibility index (Phi) is 10.8. The van der Waals surface area contributed by atoms with Gasteiger partial charge in [0.15, 0.2) is 0 Å². The van der Waals surface area contributed by atoms with Crippen LogP contribution in [-0.2, 0) is 16.1 Å². The Morgan fingerprint density at radius 1 is 1.15 bits per heavy atom. The van der Waals surface area contributed by atoms with Crippen LogP contribution in [0.5, 0.6) is 0 Å². The second kappa shape index (κ2) is 13.5. The molecule has 9 nitrogen and oxygen atoms in total. The van der Waals surface area contributed by atoms with Gasteiger partial charge in [-0.05, 0) is 37.2 Å². The number of nitrogens with one attached hydrogen (secondary N) is 2. The molecule has 0 saturated carbocycles. The zero-order valence-electron chi connectivity index (χ0n) is 19.1. The Balaban J connectivity index is 1.68. The van der Waals surface area contributed by atoms with Crippen LogP contribution in [0.3, 0.4) is 0 Å². The summed E-state index contributed by atoms with van der Waals surface area (Å²) >= 11 is 1.31.